The van der Waals surface area contributed by atoms with E-state index in [0.29, 0.717) is 43.3 Å². The van der Waals surface area contributed by atoms with Crippen LogP contribution < -0.4 is 4.90 Å². The molecule has 6 nitrogen and oxygen atoms in total. The molecule has 0 bridgehead atoms. The number of piperazine rings is 1. The van der Waals surface area contributed by atoms with Crippen LogP contribution in [-0.4, -0.2) is 47.0 Å². The zero-order valence-electron chi connectivity index (χ0n) is 14.3. The topological polar surface area (TPSA) is 73.1 Å². The summed E-state index contributed by atoms with van der Waals surface area (Å²) < 4.78 is 0. The van der Waals surface area contributed by atoms with Crippen LogP contribution in [0.15, 0.2) is 49.4 Å². The zero-order valence-corrected chi connectivity index (χ0v) is 14.3. The van der Waals surface area contributed by atoms with Crippen LogP contribution in [0.5, 0.6) is 0 Å². The number of amides is 1. The van der Waals surface area contributed by atoms with Gasteiger partial charge in [0.05, 0.1) is 0 Å². The predicted molar refractivity (Wildman–Crippen MR) is 95.4 cm³/mol. The maximum Gasteiger partial charge on any atom is 0.253 e. The van der Waals surface area contributed by atoms with E-state index in [9.17, 15) is 4.79 Å². The molecule has 1 saturated heterocycles. The molecule has 2 heterocycles. The molecule has 0 unspecified atom stereocenters. The largest absolute Gasteiger partial charge is 0.353 e. The van der Waals surface area contributed by atoms with Crippen molar-refractivity contribution in [2.75, 3.05) is 31.1 Å². The maximum atomic E-state index is 12.3. The summed E-state index contributed by atoms with van der Waals surface area (Å²) in [5.41, 5.74) is 0.878. The highest BCUT2D eigenvalue weighted by Crippen LogP contribution is 2.15. The first-order chi connectivity index (χ1) is 11.7. The Morgan fingerprint density at radius 2 is 1.92 bits per heavy atom. The summed E-state index contributed by atoms with van der Waals surface area (Å²) >= 11 is 0. The van der Waals surface area contributed by atoms with Gasteiger partial charge in [0, 0.05) is 37.8 Å². The Bertz CT molecular complexity index is 652. The van der Waals surface area contributed by atoms with E-state index in [-0.39, 0.29) is 5.91 Å². The van der Waals surface area contributed by atoms with Gasteiger partial charge >= 0.3 is 0 Å². The molecule has 1 fully saturated rings. The van der Waals surface area contributed by atoms with Crippen molar-refractivity contribution < 1.29 is 4.79 Å². The number of carbonyl (C=O) groups is 1. The van der Waals surface area contributed by atoms with E-state index >= 15 is 0 Å². The van der Waals surface area contributed by atoms with Gasteiger partial charge in [-0.05, 0) is 0 Å². The lowest BCUT2D eigenvalue weighted by molar-refractivity contribution is -0.127. The SMILES string of the molecule is C=C/C=C(\C=C)C(=O)N1CCN(c2cc(C#N)ncn2)CC1.CC. The number of hydrogen-bond acceptors (Lipinski definition) is 5. The van der Waals surface area contributed by atoms with Crippen LogP contribution in [0.25, 0.3) is 0 Å². The number of nitriles is 1. The van der Waals surface area contributed by atoms with Gasteiger partial charge < -0.3 is 9.80 Å². The Hall–Kier alpha value is -2.94. The van der Waals surface area contributed by atoms with Crippen LogP contribution in [0.4, 0.5) is 5.82 Å². The van der Waals surface area contributed by atoms with E-state index in [1.165, 1.54) is 6.33 Å². The highest BCUT2D eigenvalue weighted by molar-refractivity contribution is 5.96. The third-order valence-electron chi connectivity index (χ3n) is 3.42. The lowest BCUT2D eigenvalue weighted by atomic mass is 10.2. The molecule has 126 valence electrons. The van der Waals surface area contributed by atoms with Crippen molar-refractivity contribution in [1.29, 1.82) is 5.26 Å². The second-order valence-electron chi connectivity index (χ2n) is 4.71. The van der Waals surface area contributed by atoms with E-state index in [2.05, 4.69) is 23.1 Å². The van der Waals surface area contributed by atoms with Gasteiger partial charge in [0.2, 0.25) is 0 Å². The van der Waals surface area contributed by atoms with Gasteiger partial charge in [0.15, 0.2) is 0 Å². The lowest BCUT2D eigenvalue weighted by Gasteiger charge is -2.35. The summed E-state index contributed by atoms with van der Waals surface area (Å²) in [6, 6.07) is 3.66. The molecule has 0 aliphatic carbocycles. The summed E-state index contributed by atoms with van der Waals surface area (Å²) in [6.07, 6.45) is 6.16. The molecule has 0 atom stereocenters. The van der Waals surface area contributed by atoms with Crippen LogP contribution >= 0.6 is 0 Å². The fraction of sp³-hybridized carbons (Fsp3) is 0.333. The van der Waals surface area contributed by atoms with Gasteiger partial charge in [-0.2, -0.15) is 5.26 Å². The quantitative estimate of drug-likeness (QED) is 0.627. The first-order valence-corrected chi connectivity index (χ1v) is 7.91. The number of anilines is 1. The van der Waals surface area contributed by atoms with Gasteiger partial charge in [-0.15, -0.1) is 0 Å². The molecule has 0 saturated carbocycles. The first kappa shape index (κ1) is 19.1. The highest BCUT2D eigenvalue weighted by atomic mass is 16.2. The lowest BCUT2D eigenvalue weighted by Crippen LogP contribution is -2.49. The third-order valence-corrected chi connectivity index (χ3v) is 3.42. The van der Waals surface area contributed by atoms with Gasteiger partial charge in [-0.3, -0.25) is 4.79 Å². The zero-order chi connectivity index (χ0) is 17.9. The van der Waals surface area contributed by atoms with E-state index in [0.717, 1.165) is 0 Å². The van der Waals surface area contributed by atoms with Gasteiger partial charge in [0.1, 0.15) is 23.9 Å². The molecule has 0 N–H and O–H groups in total. The summed E-state index contributed by atoms with van der Waals surface area (Å²) in [5, 5.41) is 8.88. The van der Waals surface area contributed by atoms with Crippen molar-refractivity contribution in [2.24, 2.45) is 0 Å². The number of rotatable bonds is 4. The van der Waals surface area contributed by atoms with Crippen LogP contribution in [0.1, 0.15) is 19.5 Å². The Labute approximate surface area is 143 Å². The minimum absolute atomic E-state index is 0.0463. The third kappa shape index (κ3) is 4.78. The molecule has 1 aromatic rings. The Balaban J connectivity index is 0.00000139. The Morgan fingerprint density at radius 3 is 2.46 bits per heavy atom. The summed E-state index contributed by atoms with van der Waals surface area (Å²) in [6.45, 7) is 13.8. The Kier molecular flexibility index (Phi) is 7.92. The molecule has 0 spiro atoms. The average molecular weight is 325 g/mol. The molecule has 1 aliphatic heterocycles. The second kappa shape index (κ2) is 9.95. The second-order valence-corrected chi connectivity index (χ2v) is 4.71. The molecule has 2 rings (SSSR count). The van der Waals surface area contributed by atoms with Crippen molar-refractivity contribution in [1.82, 2.24) is 14.9 Å². The number of allylic oxidation sites excluding steroid dienone is 2. The van der Waals surface area contributed by atoms with E-state index < -0.39 is 0 Å². The van der Waals surface area contributed by atoms with Crippen molar-refractivity contribution in [3.8, 4) is 6.07 Å². The molecule has 24 heavy (non-hydrogen) atoms. The van der Waals surface area contributed by atoms with E-state index in [1.54, 1.807) is 29.2 Å². The molecular weight excluding hydrogens is 302 g/mol. The average Bonchev–Trinajstić information content (AvgIpc) is 2.67. The molecule has 0 radical (unpaired) electrons. The number of hydrogen-bond donors (Lipinski definition) is 0. The van der Waals surface area contributed by atoms with E-state index in [1.807, 2.05) is 24.8 Å². The van der Waals surface area contributed by atoms with Crippen molar-refractivity contribution >= 4 is 11.7 Å². The fourth-order valence-electron chi connectivity index (χ4n) is 2.26. The minimum atomic E-state index is -0.0463. The van der Waals surface area contributed by atoms with E-state index in [4.69, 9.17) is 5.26 Å². The first-order valence-electron chi connectivity index (χ1n) is 7.91. The standard InChI is InChI=1S/C16H17N5O.C2H6/c1-3-5-13(4-2)16(22)21-8-6-20(7-9-21)15-10-14(11-17)18-12-19-15;1-2/h3-5,10,12H,1-2,6-9H2;1-2H3/b13-5+;. The molecule has 6 heteroatoms. The van der Waals surface area contributed by atoms with Crippen LogP contribution in [-0.2, 0) is 4.79 Å². The van der Waals surface area contributed by atoms with Crippen molar-refractivity contribution in [2.45, 2.75) is 13.8 Å². The van der Waals surface area contributed by atoms with Gasteiger partial charge in [-0.1, -0.05) is 45.2 Å². The Morgan fingerprint density at radius 1 is 1.25 bits per heavy atom. The molecule has 0 aromatic carbocycles. The summed E-state index contributed by atoms with van der Waals surface area (Å²) in [7, 11) is 0. The van der Waals surface area contributed by atoms with Gasteiger partial charge in [-0.25, -0.2) is 9.97 Å². The van der Waals surface area contributed by atoms with Crippen molar-refractivity contribution in [3.05, 3.63) is 55.0 Å². The minimum Gasteiger partial charge on any atom is -0.353 e. The van der Waals surface area contributed by atoms with Crippen molar-refractivity contribution in [3.63, 3.8) is 0 Å². The predicted octanol–water partition coefficient (Wildman–Crippen LogP) is 2.32. The maximum absolute atomic E-state index is 12.3. The van der Waals surface area contributed by atoms with Crippen LogP contribution in [0.2, 0.25) is 0 Å². The number of nitrogens with zero attached hydrogens (tertiary/aromatic N) is 5. The fourth-order valence-corrected chi connectivity index (χ4v) is 2.26. The number of aromatic nitrogens is 2. The molecule has 1 amide bonds. The van der Waals surface area contributed by atoms with Crippen LogP contribution in [0, 0.1) is 11.3 Å². The normalized spacial score (nSPS) is 14.1. The highest BCUT2D eigenvalue weighted by Gasteiger charge is 2.23. The summed E-state index contributed by atoms with van der Waals surface area (Å²) in [5.74, 6) is 0.666. The molecule has 1 aromatic heterocycles. The summed E-state index contributed by atoms with van der Waals surface area (Å²) in [4.78, 5) is 24.2. The molecular formula is C18H23N5O. The molecule has 1 aliphatic rings. The number of carbonyl (C=O) groups excluding carboxylic acids is 1. The monoisotopic (exact) mass is 325 g/mol. The smallest absolute Gasteiger partial charge is 0.253 e. The van der Waals surface area contributed by atoms with Crippen LogP contribution in [0.3, 0.4) is 0 Å². The van der Waals surface area contributed by atoms with Gasteiger partial charge in [0.25, 0.3) is 5.91 Å².